The maximum absolute atomic E-state index is 6.19. The van der Waals surface area contributed by atoms with E-state index in [0.29, 0.717) is 11.6 Å². The van der Waals surface area contributed by atoms with Crippen molar-refractivity contribution in [2.24, 2.45) is 0 Å². The van der Waals surface area contributed by atoms with Gasteiger partial charge in [0.15, 0.2) is 0 Å². The van der Waals surface area contributed by atoms with Gasteiger partial charge >= 0.3 is 0 Å². The van der Waals surface area contributed by atoms with E-state index in [1.807, 2.05) is 25.6 Å². The average molecular weight is 260 g/mol. The zero-order valence-corrected chi connectivity index (χ0v) is 11.8. The van der Waals surface area contributed by atoms with Crippen LogP contribution < -0.4 is 5.32 Å². The molecule has 0 amide bonds. The van der Waals surface area contributed by atoms with E-state index < -0.39 is 0 Å². The van der Waals surface area contributed by atoms with Crippen LogP contribution in [0.2, 0.25) is 5.02 Å². The third-order valence-electron chi connectivity index (χ3n) is 2.54. The lowest BCUT2D eigenvalue weighted by molar-refractivity contribution is 0.0609. The highest BCUT2D eigenvalue weighted by Crippen LogP contribution is 2.23. The Balaban J connectivity index is 2.82. The minimum atomic E-state index is 0.0824. The Hall–Kier alpha value is -0.580. The van der Waals surface area contributed by atoms with Gasteiger partial charge in [0.2, 0.25) is 0 Å². The number of likely N-dealkylation sites (N-methyl/N-ethyl adjacent to an activating group) is 1. The summed E-state index contributed by atoms with van der Waals surface area (Å²) >= 11 is 6.19. The van der Waals surface area contributed by atoms with Gasteiger partial charge in [-0.2, -0.15) is 5.10 Å². The van der Waals surface area contributed by atoms with Gasteiger partial charge in [-0.1, -0.05) is 18.5 Å². The molecule has 0 aromatic carbocycles. The second-order valence-corrected chi connectivity index (χ2v) is 4.73. The van der Waals surface area contributed by atoms with Gasteiger partial charge in [-0.25, -0.2) is 0 Å². The highest BCUT2D eigenvalue weighted by molar-refractivity contribution is 6.31. The Kier molecular flexibility index (Phi) is 5.95. The lowest BCUT2D eigenvalue weighted by Gasteiger charge is -2.20. The molecule has 1 unspecified atom stereocenters. The monoisotopic (exact) mass is 259 g/mol. The molecule has 5 heteroatoms. The first-order valence-electron chi connectivity index (χ1n) is 6.10. The van der Waals surface area contributed by atoms with Crippen LogP contribution in [0.3, 0.4) is 0 Å². The predicted molar refractivity (Wildman–Crippen MR) is 70.4 cm³/mol. The SMILES string of the molecule is CCCn1ncc(Cl)c1C(COC(C)C)NC. The molecule has 0 bridgehead atoms. The number of nitrogens with one attached hydrogen (secondary N) is 1. The minimum absolute atomic E-state index is 0.0824. The first kappa shape index (κ1) is 14.5. The van der Waals surface area contributed by atoms with Gasteiger partial charge in [-0.05, 0) is 27.3 Å². The molecule has 1 heterocycles. The molecular formula is C12H22ClN3O. The zero-order valence-electron chi connectivity index (χ0n) is 11.0. The van der Waals surface area contributed by atoms with Gasteiger partial charge in [-0.3, -0.25) is 4.68 Å². The van der Waals surface area contributed by atoms with Gasteiger partial charge in [-0.15, -0.1) is 0 Å². The number of ether oxygens (including phenoxy) is 1. The number of hydrogen-bond acceptors (Lipinski definition) is 3. The number of aromatic nitrogens is 2. The van der Waals surface area contributed by atoms with Crippen molar-refractivity contribution >= 4 is 11.6 Å². The highest BCUT2D eigenvalue weighted by atomic mass is 35.5. The first-order chi connectivity index (χ1) is 8.10. The predicted octanol–water partition coefficient (Wildman–Crippen LogP) is 2.63. The standard InChI is InChI=1S/C12H22ClN3O/c1-5-6-16-12(10(13)7-15-16)11(14-4)8-17-9(2)3/h7,9,11,14H,5-6,8H2,1-4H3. The lowest BCUT2D eigenvalue weighted by atomic mass is 10.2. The van der Waals surface area contributed by atoms with E-state index in [0.717, 1.165) is 18.7 Å². The molecule has 0 fully saturated rings. The van der Waals surface area contributed by atoms with Gasteiger partial charge in [0.05, 0.1) is 35.7 Å². The second kappa shape index (κ2) is 6.99. The number of hydrogen-bond donors (Lipinski definition) is 1. The third kappa shape index (κ3) is 3.98. The van der Waals surface area contributed by atoms with Crippen LogP contribution in [0.25, 0.3) is 0 Å². The molecule has 0 aliphatic carbocycles. The van der Waals surface area contributed by atoms with Crippen molar-refractivity contribution in [1.82, 2.24) is 15.1 Å². The van der Waals surface area contributed by atoms with Crippen molar-refractivity contribution < 1.29 is 4.74 Å². The first-order valence-corrected chi connectivity index (χ1v) is 6.48. The Morgan fingerprint density at radius 2 is 2.24 bits per heavy atom. The summed E-state index contributed by atoms with van der Waals surface area (Å²) in [5, 5.41) is 8.22. The zero-order chi connectivity index (χ0) is 12.8. The van der Waals surface area contributed by atoms with E-state index in [2.05, 4.69) is 17.3 Å². The summed E-state index contributed by atoms with van der Waals surface area (Å²) in [6, 6.07) is 0.0824. The fraction of sp³-hybridized carbons (Fsp3) is 0.750. The average Bonchev–Trinajstić information content (AvgIpc) is 2.63. The number of rotatable bonds is 7. The fourth-order valence-electron chi connectivity index (χ4n) is 1.70. The molecule has 0 spiro atoms. The normalized spacial score (nSPS) is 13.3. The largest absolute Gasteiger partial charge is 0.377 e. The molecule has 1 aromatic rings. The Morgan fingerprint density at radius 1 is 1.53 bits per heavy atom. The van der Waals surface area contributed by atoms with Crippen molar-refractivity contribution in [1.29, 1.82) is 0 Å². The molecule has 17 heavy (non-hydrogen) atoms. The van der Waals surface area contributed by atoms with Crippen molar-refractivity contribution in [3.63, 3.8) is 0 Å². The van der Waals surface area contributed by atoms with Crippen LogP contribution in [0.4, 0.5) is 0 Å². The van der Waals surface area contributed by atoms with E-state index in [4.69, 9.17) is 16.3 Å². The van der Waals surface area contributed by atoms with Crippen LogP contribution in [0, 0.1) is 0 Å². The molecule has 4 nitrogen and oxygen atoms in total. The summed E-state index contributed by atoms with van der Waals surface area (Å²) in [5.41, 5.74) is 1.01. The maximum Gasteiger partial charge on any atom is 0.0835 e. The smallest absolute Gasteiger partial charge is 0.0835 e. The Labute approximate surface area is 108 Å². The van der Waals surface area contributed by atoms with Crippen LogP contribution in [-0.4, -0.2) is 29.5 Å². The number of aryl methyl sites for hydroxylation is 1. The van der Waals surface area contributed by atoms with E-state index in [-0.39, 0.29) is 12.1 Å². The van der Waals surface area contributed by atoms with Crippen LogP contribution in [-0.2, 0) is 11.3 Å². The summed E-state index contributed by atoms with van der Waals surface area (Å²) in [6.45, 7) is 7.65. The molecule has 1 rings (SSSR count). The van der Waals surface area contributed by atoms with Gasteiger partial charge < -0.3 is 10.1 Å². The molecule has 0 radical (unpaired) electrons. The van der Waals surface area contributed by atoms with Crippen molar-refractivity contribution in [3.8, 4) is 0 Å². The minimum Gasteiger partial charge on any atom is -0.377 e. The molecule has 0 aliphatic rings. The Morgan fingerprint density at radius 3 is 2.76 bits per heavy atom. The van der Waals surface area contributed by atoms with E-state index in [9.17, 15) is 0 Å². The molecule has 1 N–H and O–H groups in total. The molecule has 1 atom stereocenters. The molecule has 0 saturated heterocycles. The maximum atomic E-state index is 6.19. The molecule has 0 aliphatic heterocycles. The van der Waals surface area contributed by atoms with Crippen LogP contribution in [0.5, 0.6) is 0 Å². The van der Waals surface area contributed by atoms with E-state index >= 15 is 0 Å². The van der Waals surface area contributed by atoms with Crippen LogP contribution in [0.1, 0.15) is 38.9 Å². The number of halogens is 1. The van der Waals surface area contributed by atoms with Crippen LogP contribution in [0.15, 0.2) is 6.20 Å². The highest BCUT2D eigenvalue weighted by Gasteiger charge is 2.19. The second-order valence-electron chi connectivity index (χ2n) is 4.32. The lowest BCUT2D eigenvalue weighted by Crippen LogP contribution is -2.26. The van der Waals surface area contributed by atoms with Gasteiger partial charge in [0.1, 0.15) is 0 Å². The summed E-state index contributed by atoms with van der Waals surface area (Å²) in [7, 11) is 1.91. The van der Waals surface area contributed by atoms with Crippen molar-refractivity contribution in [3.05, 3.63) is 16.9 Å². The van der Waals surface area contributed by atoms with Crippen molar-refractivity contribution in [2.75, 3.05) is 13.7 Å². The summed E-state index contributed by atoms with van der Waals surface area (Å²) < 4.78 is 7.60. The van der Waals surface area contributed by atoms with Gasteiger partial charge in [0.25, 0.3) is 0 Å². The van der Waals surface area contributed by atoms with Crippen LogP contribution >= 0.6 is 11.6 Å². The molecule has 1 aromatic heterocycles. The topological polar surface area (TPSA) is 39.1 Å². The summed E-state index contributed by atoms with van der Waals surface area (Å²) in [4.78, 5) is 0. The fourth-order valence-corrected chi connectivity index (χ4v) is 1.97. The number of nitrogens with zero attached hydrogens (tertiary/aromatic N) is 2. The Bertz CT molecular complexity index is 338. The summed E-state index contributed by atoms with van der Waals surface area (Å²) in [6.07, 6.45) is 2.95. The molecular weight excluding hydrogens is 238 g/mol. The third-order valence-corrected chi connectivity index (χ3v) is 2.83. The van der Waals surface area contributed by atoms with Gasteiger partial charge in [0, 0.05) is 6.54 Å². The molecule has 0 saturated carbocycles. The van der Waals surface area contributed by atoms with E-state index in [1.165, 1.54) is 0 Å². The molecule has 98 valence electrons. The van der Waals surface area contributed by atoms with E-state index in [1.54, 1.807) is 6.20 Å². The van der Waals surface area contributed by atoms with Crippen molar-refractivity contribution in [2.45, 2.75) is 45.9 Å². The summed E-state index contributed by atoms with van der Waals surface area (Å²) in [5.74, 6) is 0. The quantitative estimate of drug-likeness (QED) is 0.818.